The molecule has 2 amide bonds. The molecule has 0 saturated heterocycles. The molecule has 0 spiro atoms. The van der Waals surface area contributed by atoms with Crippen LogP contribution in [0.2, 0.25) is 0 Å². The smallest absolute Gasteiger partial charge is 0.278 e. The highest BCUT2D eigenvalue weighted by molar-refractivity contribution is 6.36. The van der Waals surface area contributed by atoms with Crippen LogP contribution in [0.3, 0.4) is 0 Å². The number of hydrogen-bond acceptors (Lipinski definition) is 5. The van der Waals surface area contributed by atoms with Gasteiger partial charge >= 0.3 is 0 Å². The third-order valence-electron chi connectivity index (χ3n) is 4.57. The summed E-state index contributed by atoms with van der Waals surface area (Å²) in [6.07, 6.45) is 0. The van der Waals surface area contributed by atoms with Gasteiger partial charge in [0.2, 0.25) is 0 Å². The number of ether oxygens (including phenoxy) is 2. The molecule has 1 N–H and O–H groups in total. The van der Waals surface area contributed by atoms with Crippen LogP contribution in [0.4, 0.5) is 5.69 Å². The van der Waals surface area contributed by atoms with Crippen LogP contribution < -0.4 is 14.8 Å². The molecule has 29 heavy (non-hydrogen) atoms. The molecule has 152 valence electrons. The van der Waals surface area contributed by atoms with Gasteiger partial charge < -0.3 is 14.8 Å². The zero-order valence-corrected chi connectivity index (χ0v) is 17.2. The molecule has 6 heteroatoms. The first-order chi connectivity index (χ1) is 13.9. The number of nitrogens with one attached hydrogen (secondary N) is 1. The molecule has 0 fully saturated rings. The quantitative estimate of drug-likeness (QED) is 0.687. The maximum Gasteiger partial charge on any atom is 0.278 e. The van der Waals surface area contributed by atoms with Gasteiger partial charge in [-0.2, -0.15) is 0 Å². The first-order valence-corrected chi connectivity index (χ1v) is 9.69. The molecule has 1 heterocycles. The van der Waals surface area contributed by atoms with E-state index in [-0.39, 0.29) is 17.5 Å². The maximum absolute atomic E-state index is 12.9. The fourth-order valence-corrected chi connectivity index (χ4v) is 3.05. The fourth-order valence-electron chi connectivity index (χ4n) is 3.05. The minimum atomic E-state index is -0.330. The highest BCUT2D eigenvalue weighted by atomic mass is 16.5. The largest absolute Gasteiger partial charge is 0.497 e. The van der Waals surface area contributed by atoms with Crippen molar-refractivity contribution in [3.8, 4) is 11.5 Å². The maximum atomic E-state index is 12.9. The zero-order chi connectivity index (χ0) is 21.0. The molecule has 2 aromatic rings. The standard InChI is InChI=1S/C23H26N2O4/c1-5-25-22(26)20(16-6-10-19(11-7-16)29-14-15(2)3)21(23(25)27)24-17-8-12-18(28-4)13-9-17/h6-13,15,24H,5,14H2,1-4H3. The number of nitrogens with zero attached hydrogens (tertiary/aromatic N) is 1. The Kier molecular flexibility index (Phi) is 6.22. The van der Waals surface area contributed by atoms with E-state index in [0.717, 1.165) is 5.75 Å². The highest BCUT2D eigenvalue weighted by Crippen LogP contribution is 2.31. The van der Waals surface area contributed by atoms with E-state index in [1.807, 2.05) is 24.3 Å². The van der Waals surface area contributed by atoms with Crippen LogP contribution >= 0.6 is 0 Å². The van der Waals surface area contributed by atoms with Crippen LogP contribution in [0.15, 0.2) is 54.2 Å². The van der Waals surface area contributed by atoms with E-state index in [1.54, 1.807) is 38.3 Å². The number of imide groups is 1. The van der Waals surface area contributed by atoms with Crippen LogP contribution in [0.25, 0.3) is 5.57 Å². The van der Waals surface area contributed by atoms with Crippen LogP contribution in [-0.2, 0) is 9.59 Å². The van der Waals surface area contributed by atoms with Crippen molar-refractivity contribution in [1.29, 1.82) is 0 Å². The van der Waals surface area contributed by atoms with E-state index in [9.17, 15) is 9.59 Å². The molecule has 0 saturated carbocycles. The Morgan fingerprint density at radius 2 is 1.55 bits per heavy atom. The molecule has 1 aliphatic rings. The van der Waals surface area contributed by atoms with Crippen molar-refractivity contribution >= 4 is 23.1 Å². The molecule has 0 aliphatic carbocycles. The number of anilines is 1. The number of hydrogen-bond donors (Lipinski definition) is 1. The zero-order valence-electron chi connectivity index (χ0n) is 17.2. The number of amides is 2. The van der Waals surface area contributed by atoms with E-state index in [2.05, 4.69) is 19.2 Å². The molecular weight excluding hydrogens is 368 g/mol. The van der Waals surface area contributed by atoms with E-state index in [0.29, 0.717) is 41.6 Å². The Labute approximate surface area is 171 Å². The summed E-state index contributed by atoms with van der Waals surface area (Å²) >= 11 is 0. The van der Waals surface area contributed by atoms with Crippen molar-refractivity contribution in [2.45, 2.75) is 20.8 Å². The molecule has 2 aromatic carbocycles. The first kappa shape index (κ1) is 20.5. The van der Waals surface area contributed by atoms with E-state index in [4.69, 9.17) is 9.47 Å². The van der Waals surface area contributed by atoms with E-state index >= 15 is 0 Å². The van der Waals surface area contributed by atoms with Crippen molar-refractivity contribution in [2.24, 2.45) is 5.92 Å². The van der Waals surface area contributed by atoms with Gasteiger partial charge in [-0.25, -0.2) is 0 Å². The molecule has 0 bridgehead atoms. The predicted octanol–water partition coefficient (Wildman–Crippen LogP) is 3.94. The van der Waals surface area contributed by atoms with Crippen molar-refractivity contribution in [2.75, 3.05) is 25.6 Å². The SMILES string of the molecule is CCN1C(=O)C(Nc2ccc(OC)cc2)=C(c2ccc(OCC(C)C)cc2)C1=O. The summed E-state index contributed by atoms with van der Waals surface area (Å²) in [5.41, 5.74) is 2.02. The number of rotatable bonds is 8. The molecule has 0 radical (unpaired) electrons. The number of benzene rings is 2. The molecule has 1 aliphatic heterocycles. The van der Waals surface area contributed by atoms with Gasteiger partial charge in [0.1, 0.15) is 17.2 Å². The third kappa shape index (κ3) is 4.42. The Balaban J connectivity index is 1.93. The average Bonchev–Trinajstić information content (AvgIpc) is 2.96. The van der Waals surface area contributed by atoms with Gasteiger partial charge in [-0.15, -0.1) is 0 Å². The van der Waals surface area contributed by atoms with Crippen LogP contribution in [0.5, 0.6) is 11.5 Å². The van der Waals surface area contributed by atoms with Crippen molar-refractivity contribution < 1.29 is 19.1 Å². The number of carbonyl (C=O) groups excluding carboxylic acids is 2. The van der Waals surface area contributed by atoms with Gasteiger partial charge in [0.15, 0.2) is 0 Å². The minimum absolute atomic E-state index is 0.276. The second-order valence-electron chi connectivity index (χ2n) is 7.19. The van der Waals surface area contributed by atoms with Crippen molar-refractivity contribution in [3.63, 3.8) is 0 Å². The van der Waals surface area contributed by atoms with Gasteiger partial charge in [-0.1, -0.05) is 26.0 Å². The number of likely N-dealkylation sites (N-methyl/N-ethyl adjacent to an activating group) is 1. The minimum Gasteiger partial charge on any atom is -0.497 e. The molecule has 0 atom stereocenters. The first-order valence-electron chi connectivity index (χ1n) is 9.69. The van der Waals surface area contributed by atoms with E-state index in [1.165, 1.54) is 4.90 Å². The van der Waals surface area contributed by atoms with Gasteiger partial charge in [0.25, 0.3) is 11.8 Å². The van der Waals surface area contributed by atoms with Gasteiger partial charge in [-0.05, 0) is 54.8 Å². The molecule has 6 nitrogen and oxygen atoms in total. The topological polar surface area (TPSA) is 67.9 Å². The lowest BCUT2D eigenvalue weighted by molar-refractivity contribution is -0.136. The summed E-state index contributed by atoms with van der Waals surface area (Å²) in [5, 5.41) is 3.12. The van der Waals surface area contributed by atoms with E-state index < -0.39 is 0 Å². The summed E-state index contributed by atoms with van der Waals surface area (Å²) < 4.78 is 10.9. The second-order valence-corrected chi connectivity index (χ2v) is 7.19. The molecule has 0 aromatic heterocycles. The third-order valence-corrected chi connectivity index (χ3v) is 4.57. The molecule has 0 unspecified atom stereocenters. The van der Waals surface area contributed by atoms with Gasteiger partial charge in [-0.3, -0.25) is 14.5 Å². The summed E-state index contributed by atoms with van der Waals surface area (Å²) in [5.74, 6) is 1.24. The Bertz CT molecular complexity index is 915. The lowest BCUT2D eigenvalue weighted by Crippen LogP contribution is -2.32. The fraction of sp³-hybridized carbons (Fsp3) is 0.304. The summed E-state index contributed by atoms with van der Waals surface area (Å²) in [7, 11) is 1.59. The van der Waals surface area contributed by atoms with Crippen LogP contribution in [-0.4, -0.2) is 37.0 Å². The number of carbonyl (C=O) groups is 2. The Morgan fingerprint density at radius 3 is 2.10 bits per heavy atom. The van der Waals surface area contributed by atoms with Crippen LogP contribution in [0.1, 0.15) is 26.3 Å². The predicted molar refractivity (Wildman–Crippen MR) is 113 cm³/mol. The lowest BCUT2D eigenvalue weighted by Gasteiger charge is -2.12. The van der Waals surface area contributed by atoms with Crippen molar-refractivity contribution in [3.05, 3.63) is 59.8 Å². The molecule has 3 rings (SSSR count). The van der Waals surface area contributed by atoms with Crippen molar-refractivity contribution in [1.82, 2.24) is 4.90 Å². The summed E-state index contributed by atoms with van der Waals surface area (Å²) in [4.78, 5) is 27.0. The molecular formula is C23H26N2O4. The normalized spacial score (nSPS) is 14.0. The number of methoxy groups -OCH3 is 1. The Hall–Kier alpha value is -3.28. The summed E-state index contributed by atoms with van der Waals surface area (Å²) in [6, 6.07) is 14.5. The highest BCUT2D eigenvalue weighted by Gasteiger charge is 2.38. The Morgan fingerprint density at radius 1 is 0.931 bits per heavy atom. The van der Waals surface area contributed by atoms with Crippen LogP contribution in [0, 0.1) is 5.92 Å². The monoisotopic (exact) mass is 394 g/mol. The van der Waals surface area contributed by atoms with Gasteiger partial charge in [0.05, 0.1) is 19.3 Å². The van der Waals surface area contributed by atoms with Gasteiger partial charge in [0, 0.05) is 12.2 Å². The lowest BCUT2D eigenvalue weighted by atomic mass is 10.0. The average molecular weight is 394 g/mol. The summed E-state index contributed by atoms with van der Waals surface area (Å²) in [6.45, 7) is 6.88. The second kappa shape index (κ2) is 8.82.